The summed E-state index contributed by atoms with van der Waals surface area (Å²) < 4.78 is 0. The van der Waals surface area contributed by atoms with Crippen LogP contribution >= 0.6 is 0 Å². The Hall–Kier alpha value is -1.38. The van der Waals surface area contributed by atoms with Crippen LogP contribution in [-0.2, 0) is 0 Å². The van der Waals surface area contributed by atoms with Crippen LogP contribution < -0.4 is 5.32 Å². The van der Waals surface area contributed by atoms with Crippen LogP contribution in [0.15, 0.2) is 25.0 Å². The SMILES string of the molecule is C=CNc1cc(C)cnn1. The van der Waals surface area contributed by atoms with Crippen LogP contribution in [0.4, 0.5) is 5.82 Å². The van der Waals surface area contributed by atoms with Gasteiger partial charge in [-0.3, -0.25) is 0 Å². The fraction of sp³-hybridized carbons (Fsp3) is 0.143. The van der Waals surface area contributed by atoms with E-state index in [2.05, 4.69) is 22.1 Å². The molecule has 1 aromatic rings. The molecule has 1 N–H and O–H groups in total. The lowest BCUT2D eigenvalue weighted by molar-refractivity contribution is 1.02. The maximum atomic E-state index is 3.80. The van der Waals surface area contributed by atoms with E-state index >= 15 is 0 Å². The number of hydrogen-bond donors (Lipinski definition) is 1. The van der Waals surface area contributed by atoms with E-state index in [4.69, 9.17) is 0 Å². The third kappa shape index (κ3) is 1.55. The number of aromatic nitrogens is 2. The van der Waals surface area contributed by atoms with E-state index in [9.17, 15) is 0 Å². The van der Waals surface area contributed by atoms with E-state index < -0.39 is 0 Å². The molecule has 0 radical (unpaired) electrons. The second-order valence-corrected chi connectivity index (χ2v) is 1.97. The standard InChI is InChI=1S/C7H9N3/c1-3-8-7-4-6(2)5-9-10-7/h3-5H,1H2,2H3,(H,8,10). The molecule has 0 aromatic carbocycles. The average molecular weight is 135 g/mol. The molecule has 0 aliphatic carbocycles. The highest BCUT2D eigenvalue weighted by Crippen LogP contribution is 2.01. The third-order valence-corrected chi connectivity index (χ3v) is 1.04. The highest BCUT2D eigenvalue weighted by atomic mass is 15.2. The molecule has 3 nitrogen and oxygen atoms in total. The van der Waals surface area contributed by atoms with Gasteiger partial charge in [-0.2, -0.15) is 5.10 Å². The topological polar surface area (TPSA) is 37.8 Å². The molecular formula is C7H9N3. The van der Waals surface area contributed by atoms with Gasteiger partial charge in [0, 0.05) is 0 Å². The van der Waals surface area contributed by atoms with Crippen LogP contribution in [0.3, 0.4) is 0 Å². The van der Waals surface area contributed by atoms with Crippen LogP contribution in [-0.4, -0.2) is 10.2 Å². The van der Waals surface area contributed by atoms with Gasteiger partial charge in [-0.25, -0.2) is 0 Å². The zero-order chi connectivity index (χ0) is 7.40. The highest BCUT2D eigenvalue weighted by molar-refractivity contribution is 5.37. The summed E-state index contributed by atoms with van der Waals surface area (Å²) in [5, 5.41) is 10.4. The van der Waals surface area contributed by atoms with Crippen LogP contribution in [0.1, 0.15) is 5.56 Å². The summed E-state index contributed by atoms with van der Waals surface area (Å²) in [5.41, 5.74) is 1.08. The first kappa shape index (κ1) is 6.74. The van der Waals surface area contributed by atoms with E-state index in [0.717, 1.165) is 11.4 Å². The second-order valence-electron chi connectivity index (χ2n) is 1.97. The molecule has 52 valence electrons. The summed E-state index contributed by atoms with van der Waals surface area (Å²) in [4.78, 5) is 0. The first-order chi connectivity index (χ1) is 4.83. The Balaban J connectivity index is 2.84. The van der Waals surface area contributed by atoms with Crippen LogP contribution in [0.5, 0.6) is 0 Å². The van der Waals surface area contributed by atoms with Gasteiger partial charge in [0.15, 0.2) is 5.82 Å². The number of nitrogens with one attached hydrogen (secondary N) is 1. The molecule has 1 aromatic heterocycles. The minimum Gasteiger partial charge on any atom is -0.346 e. The second kappa shape index (κ2) is 2.96. The monoisotopic (exact) mass is 135 g/mol. The van der Waals surface area contributed by atoms with E-state index in [-0.39, 0.29) is 0 Å². The average Bonchev–Trinajstić information content (AvgIpc) is 1.88. The molecule has 0 atom stereocenters. The van der Waals surface area contributed by atoms with Crippen molar-refractivity contribution >= 4 is 5.82 Å². The summed E-state index contributed by atoms with van der Waals surface area (Å²) in [7, 11) is 0. The Morgan fingerprint density at radius 3 is 3.10 bits per heavy atom. The minimum absolute atomic E-state index is 0.731. The number of aryl methyl sites for hydroxylation is 1. The van der Waals surface area contributed by atoms with Crippen LogP contribution in [0, 0.1) is 6.92 Å². The molecule has 0 aliphatic heterocycles. The van der Waals surface area contributed by atoms with E-state index in [1.165, 1.54) is 0 Å². The van der Waals surface area contributed by atoms with Crippen LogP contribution in [0.25, 0.3) is 0 Å². The minimum atomic E-state index is 0.731. The lowest BCUT2D eigenvalue weighted by Gasteiger charge is -1.96. The zero-order valence-electron chi connectivity index (χ0n) is 5.83. The van der Waals surface area contributed by atoms with Crippen molar-refractivity contribution in [1.29, 1.82) is 0 Å². The predicted octanol–water partition coefficient (Wildman–Crippen LogP) is 1.34. The molecule has 0 fully saturated rings. The Bertz CT molecular complexity index is 232. The fourth-order valence-electron chi connectivity index (χ4n) is 0.639. The van der Waals surface area contributed by atoms with Gasteiger partial charge in [0.25, 0.3) is 0 Å². The number of hydrogen-bond acceptors (Lipinski definition) is 3. The molecule has 0 spiro atoms. The lowest BCUT2D eigenvalue weighted by atomic mass is 10.3. The van der Waals surface area contributed by atoms with Gasteiger partial charge in [0.05, 0.1) is 6.20 Å². The van der Waals surface area contributed by atoms with Gasteiger partial charge in [-0.05, 0) is 24.8 Å². The molecular weight excluding hydrogens is 126 g/mol. The fourth-order valence-corrected chi connectivity index (χ4v) is 0.639. The van der Waals surface area contributed by atoms with Gasteiger partial charge >= 0.3 is 0 Å². The molecule has 0 saturated heterocycles. The largest absolute Gasteiger partial charge is 0.346 e. The summed E-state index contributed by atoms with van der Waals surface area (Å²) >= 11 is 0. The maximum absolute atomic E-state index is 3.80. The van der Waals surface area contributed by atoms with Gasteiger partial charge in [0.1, 0.15) is 0 Å². The van der Waals surface area contributed by atoms with Gasteiger partial charge in [-0.15, -0.1) is 5.10 Å². The lowest BCUT2D eigenvalue weighted by Crippen LogP contribution is -1.92. The van der Waals surface area contributed by atoms with Crippen LogP contribution in [0.2, 0.25) is 0 Å². The van der Waals surface area contributed by atoms with E-state index in [0.29, 0.717) is 0 Å². The molecule has 0 bridgehead atoms. The Kier molecular flexibility index (Phi) is 1.99. The molecule has 1 rings (SSSR count). The quantitative estimate of drug-likeness (QED) is 0.665. The first-order valence-electron chi connectivity index (χ1n) is 2.99. The molecule has 3 heteroatoms. The van der Waals surface area contributed by atoms with Crippen molar-refractivity contribution in [3.63, 3.8) is 0 Å². The maximum Gasteiger partial charge on any atom is 0.152 e. The predicted molar refractivity (Wildman–Crippen MR) is 40.6 cm³/mol. The van der Waals surface area contributed by atoms with Gasteiger partial charge < -0.3 is 5.32 Å². The zero-order valence-corrected chi connectivity index (χ0v) is 5.83. The summed E-state index contributed by atoms with van der Waals surface area (Å²) in [5.74, 6) is 0.731. The molecule has 1 heterocycles. The molecule has 0 saturated carbocycles. The van der Waals surface area contributed by atoms with Crippen molar-refractivity contribution in [2.24, 2.45) is 0 Å². The molecule has 10 heavy (non-hydrogen) atoms. The number of rotatable bonds is 2. The van der Waals surface area contributed by atoms with E-state index in [1.807, 2.05) is 13.0 Å². The summed E-state index contributed by atoms with van der Waals surface area (Å²) in [6, 6.07) is 1.90. The van der Waals surface area contributed by atoms with Crippen molar-refractivity contribution in [1.82, 2.24) is 10.2 Å². The Labute approximate surface area is 59.8 Å². The first-order valence-corrected chi connectivity index (χ1v) is 2.99. The van der Waals surface area contributed by atoms with Crippen molar-refractivity contribution in [2.45, 2.75) is 6.92 Å². The van der Waals surface area contributed by atoms with Crippen molar-refractivity contribution in [3.8, 4) is 0 Å². The summed E-state index contributed by atoms with van der Waals surface area (Å²) in [6.07, 6.45) is 3.28. The normalized spacial score (nSPS) is 8.90. The summed E-state index contributed by atoms with van der Waals surface area (Å²) in [6.45, 7) is 5.47. The van der Waals surface area contributed by atoms with Crippen molar-refractivity contribution < 1.29 is 0 Å². The molecule has 0 amide bonds. The number of nitrogens with zero attached hydrogens (tertiary/aromatic N) is 2. The highest BCUT2D eigenvalue weighted by Gasteiger charge is 1.89. The Morgan fingerprint density at radius 1 is 1.70 bits per heavy atom. The molecule has 0 aliphatic rings. The van der Waals surface area contributed by atoms with Crippen molar-refractivity contribution in [3.05, 3.63) is 30.6 Å². The molecule has 0 unspecified atom stereocenters. The van der Waals surface area contributed by atoms with Crippen molar-refractivity contribution in [2.75, 3.05) is 5.32 Å². The van der Waals surface area contributed by atoms with E-state index in [1.54, 1.807) is 12.4 Å². The van der Waals surface area contributed by atoms with Gasteiger partial charge in [0.2, 0.25) is 0 Å². The third-order valence-electron chi connectivity index (χ3n) is 1.04. The van der Waals surface area contributed by atoms with Gasteiger partial charge in [-0.1, -0.05) is 6.58 Å². The smallest absolute Gasteiger partial charge is 0.152 e. The Morgan fingerprint density at radius 2 is 2.50 bits per heavy atom. The number of anilines is 1.